The number of nitrogens with one attached hydrogen (secondary N) is 1. The Morgan fingerprint density at radius 2 is 1.61 bits per heavy atom. The summed E-state index contributed by atoms with van der Waals surface area (Å²) < 4.78 is 0. The van der Waals surface area contributed by atoms with Crippen molar-refractivity contribution in [3.8, 4) is 11.1 Å². The second-order valence-electron chi connectivity index (χ2n) is 8.50. The van der Waals surface area contributed by atoms with Crippen molar-refractivity contribution in [2.24, 2.45) is 5.18 Å². The molecule has 1 saturated heterocycles. The molecule has 33 heavy (non-hydrogen) atoms. The maximum Gasteiger partial charge on any atom is 0.254 e. The number of carbonyl (C=O) groups is 2. The van der Waals surface area contributed by atoms with Crippen LogP contribution in [0.2, 0.25) is 0 Å². The lowest BCUT2D eigenvalue weighted by Crippen LogP contribution is -2.53. The highest BCUT2D eigenvalue weighted by Gasteiger charge is 2.50. The van der Waals surface area contributed by atoms with Crippen LogP contribution in [0.25, 0.3) is 11.1 Å². The van der Waals surface area contributed by atoms with Gasteiger partial charge in [0.1, 0.15) is 12.1 Å². The second kappa shape index (κ2) is 9.68. The molecular weight excluding hydrogens is 424 g/mol. The predicted molar refractivity (Wildman–Crippen MR) is 124 cm³/mol. The lowest BCUT2D eigenvalue weighted by molar-refractivity contribution is -0.143. The monoisotopic (exact) mass is 452 g/mol. The van der Waals surface area contributed by atoms with Crippen LogP contribution in [0.5, 0.6) is 0 Å². The van der Waals surface area contributed by atoms with Gasteiger partial charge in [-0.1, -0.05) is 23.4 Å². The number of nitrogens with zero attached hydrogens (tertiary/aromatic N) is 3. The van der Waals surface area contributed by atoms with E-state index in [0.29, 0.717) is 51.1 Å². The van der Waals surface area contributed by atoms with E-state index in [1.165, 1.54) is 0 Å². The number of nitroso groups, excluding NO2 is 1. The van der Waals surface area contributed by atoms with Gasteiger partial charge in [0.2, 0.25) is 0 Å². The SMILES string of the molecule is O=NCc1cc(-c2ccc(C(=O)N3CCN(C(=O)C4(O)CC4)CC3)cc2)ccc1NCCO. The van der Waals surface area contributed by atoms with E-state index in [1.54, 1.807) is 21.9 Å². The molecule has 2 aliphatic rings. The first kappa shape index (κ1) is 22.9. The van der Waals surface area contributed by atoms with Gasteiger partial charge in [0.25, 0.3) is 11.8 Å². The van der Waals surface area contributed by atoms with E-state index in [1.807, 2.05) is 30.3 Å². The molecule has 0 bridgehead atoms. The molecule has 9 heteroatoms. The minimum atomic E-state index is -1.17. The summed E-state index contributed by atoms with van der Waals surface area (Å²) in [6, 6.07) is 12.9. The van der Waals surface area contributed by atoms with Gasteiger partial charge in [-0.05, 0) is 48.2 Å². The number of carbonyl (C=O) groups excluding carboxylic acids is 2. The molecule has 2 amide bonds. The number of anilines is 1. The maximum absolute atomic E-state index is 12.9. The molecule has 1 aliphatic carbocycles. The summed E-state index contributed by atoms with van der Waals surface area (Å²) in [6.07, 6.45) is 1.04. The Bertz CT molecular complexity index is 1030. The smallest absolute Gasteiger partial charge is 0.254 e. The summed E-state index contributed by atoms with van der Waals surface area (Å²) in [6.45, 7) is 2.11. The average Bonchev–Trinajstić information content (AvgIpc) is 3.61. The molecule has 2 fully saturated rings. The summed E-state index contributed by atoms with van der Waals surface area (Å²) in [5.74, 6) is -0.311. The van der Waals surface area contributed by atoms with Crippen LogP contribution in [-0.4, -0.2) is 76.8 Å². The fourth-order valence-electron chi connectivity index (χ4n) is 4.06. The Hall–Kier alpha value is -3.30. The van der Waals surface area contributed by atoms with Crippen LogP contribution in [-0.2, 0) is 11.3 Å². The summed E-state index contributed by atoms with van der Waals surface area (Å²) in [5.41, 5.74) is 2.68. The number of hydrogen-bond donors (Lipinski definition) is 3. The van der Waals surface area contributed by atoms with Gasteiger partial charge in [-0.25, -0.2) is 0 Å². The van der Waals surface area contributed by atoms with E-state index in [9.17, 15) is 19.6 Å². The van der Waals surface area contributed by atoms with Crippen molar-refractivity contribution < 1.29 is 19.8 Å². The molecule has 9 nitrogen and oxygen atoms in total. The number of hydrogen-bond acceptors (Lipinski definition) is 7. The van der Waals surface area contributed by atoms with Crippen molar-refractivity contribution in [3.63, 3.8) is 0 Å². The maximum atomic E-state index is 12.9. The lowest BCUT2D eigenvalue weighted by atomic mass is 10.00. The third-order valence-electron chi connectivity index (χ3n) is 6.21. The Kier molecular flexibility index (Phi) is 6.71. The summed E-state index contributed by atoms with van der Waals surface area (Å²) in [7, 11) is 0. The zero-order chi connectivity index (χ0) is 23.4. The normalized spacial score (nSPS) is 16.9. The highest BCUT2D eigenvalue weighted by atomic mass is 16.3. The quantitative estimate of drug-likeness (QED) is 0.525. The Balaban J connectivity index is 1.41. The highest BCUT2D eigenvalue weighted by molar-refractivity contribution is 5.95. The minimum Gasteiger partial charge on any atom is -0.395 e. The standard InChI is InChI=1S/C24H28N4O5/c29-14-9-25-21-6-5-19(15-20(21)16-26-33)17-1-3-18(4-2-17)22(30)27-10-12-28(13-11-27)23(31)24(32)7-8-24/h1-6,15,25,29,32H,7-14,16H2. The Morgan fingerprint density at radius 3 is 2.21 bits per heavy atom. The second-order valence-corrected chi connectivity index (χ2v) is 8.50. The van der Waals surface area contributed by atoms with E-state index < -0.39 is 5.60 Å². The van der Waals surface area contributed by atoms with E-state index in [-0.39, 0.29) is 25.0 Å². The first-order valence-electron chi connectivity index (χ1n) is 11.1. The number of aliphatic hydroxyl groups excluding tert-OH is 1. The molecule has 0 aromatic heterocycles. The zero-order valence-electron chi connectivity index (χ0n) is 18.4. The van der Waals surface area contributed by atoms with Crippen molar-refractivity contribution in [1.82, 2.24) is 9.80 Å². The summed E-state index contributed by atoms with van der Waals surface area (Å²) in [5, 5.41) is 25.1. The van der Waals surface area contributed by atoms with Crippen LogP contribution in [0, 0.1) is 4.91 Å². The number of aliphatic hydroxyl groups is 2. The van der Waals surface area contributed by atoms with Crippen LogP contribution in [0.3, 0.4) is 0 Å². The number of amides is 2. The molecule has 0 spiro atoms. The Morgan fingerprint density at radius 1 is 0.970 bits per heavy atom. The topological polar surface area (TPSA) is 123 Å². The lowest BCUT2D eigenvalue weighted by Gasteiger charge is -2.35. The van der Waals surface area contributed by atoms with Crippen LogP contribution < -0.4 is 5.32 Å². The van der Waals surface area contributed by atoms with Crippen LogP contribution in [0.4, 0.5) is 5.69 Å². The van der Waals surface area contributed by atoms with E-state index in [2.05, 4.69) is 10.5 Å². The van der Waals surface area contributed by atoms with Crippen LogP contribution in [0.1, 0.15) is 28.8 Å². The molecule has 0 unspecified atom stereocenters. The minimum absolute atomic E-state index is 0.0151. The van der Waals surface area contributed by atoms with Gasteiger partial charge >= 0.3 is 0 Å². The van der Waals surface area contributed by atoms with Gasteiger partial charge in [-0.3, -0.25) is 9.59 Å². The van der Waals surface area contributed by atoms with Gasteiger partial charge in [-0.2, -0.15) is 4.91 Å². The molecule has 1 aliphatic heterocycles. The fraction of sp³-hybridized carbons (Fsp3) is 0.417. The molecule has 174 valence electrons. The zero-order valence-corrected chi connectivity index (χ0v) is 18.4. The number of piperazine rings is 1. The molecule has 0 atom stereocenters. The molecule has 2 aromatic carbocycles. The first-order valence-corrected chi connectivity index (χ1v) is 11.1. The van der Waals surface area contributed by atoms with E-state index in [4.69, 9.17) is 5.11 Å². The molecule has 1 heterocycles. The summed E-state index contributed by atoms with van der Waals surface area (Å²) >= 11 is 0. The molecule has 1 saturated carbocycles. The van der Waals surface area contributed by atoms with Crippen LogP contribution >= 0.6 is 0 Å². The largest absolute Gasteiger partial charge is 0.395 e. The van der Waals surface area contributed by atoms with Crippen molar-refractivity contribution in [1.29, 1.82) is 0 Å². The predicted octanol–water partition coefficient (Wildman–Crippen LogP) is 1.83. The van der Waals surface area contributed by atoms with Gasteiger partial charge in [0, 0.05) is 49.5 Å². The number of benzene rings is 2. The molecule has 3 N–H and O–H groups in total. The Labute approximate surface area is 192 Å². The van der Waals surface area contributed by atoms with Gasteiger partial charge in [0.05, 0.1) is 6.61 Å². The van der Waals surface area contributed by atoms with Crippen molar-refractivity contribution >= 4 is 17.5 Å². The molecule has 4 rings (SSSR count). The van der Waals surface area contributed by atoms with Crippen LogP contribution in [0.15, 0.2) is 47.6 Å². The number of rotatable bonds is 8. The van der Waals surface area contributed by atoms with Gasteiger partial charge in [0.15, 0.2) is 0 Å². The van der Waals surface area contributed by atoms with E-state index in [0.717, 1.165) is 22.4 Å². The average molecular weight is 453 g/mol. The van der Waals surface area contributed by atoms with Crippen molar-refractivity contribution in [2.75, 3.05) is 44.6 Å². The fourth-order valence-corrected chi connectivity index (χ4v) is 4.06. The first-order chi connectivity index (χ1) is 15.9. The van der Waals surface area contributed by atoms with Crippen molar-refractivity contribution in [2.45, 2.75) is 25.0 Å². The molecule has 0 radical (unpaired) electrons. The van der Waals surface area contributed by atoms with Gasteiger partial charge in [-0.15, -0.1) is 0 Å². The highest BCUT2D eigenvalue weighted by Crippen LogP contribution is 2.37. The molecule has 2 aromatic rings. The third kappa shape index (κ3) is 5.04. The van der Waals surface area contributed by atoms with E-state index >= 15 is 0 Å². The van der Waals surface area contributed by atoms with Crippen molar-refractivity contribution in [3.05, 3.63) is 58.5 Å². The summed E-state index contributed by atoms with van der Waals surface area (Å²) in [4.78, 5) is 39.4. The van der Waals surface area contributed by atoms with Gasteiger partial charge < -0.3 is 25.3 Å². The third-order valence-corrected chi connectivity index (χ3v) is 6.21. The molecular formula is C24H28N4O5.